The predicted octanol–water partition coefficient (Wildman–Crippen LogP) is 5.21. The zero-order valence-electron chi connectivity index (χ0n) is 16.1. The van der Waals surface area contributed by atoms with Crippen LogP contribution in [0.1, 0.15) is 23.0 Å². The van der Waals surface area contributed by atoms with Gasteiger partial charge in [-0.05, 0) is 31.2 Å². The first kappa shape index (κ1) is 19.4. The van der Waals surface area contributed by atoms with Gasteiger partial charge in [-0.2, -0.15) is 0 Å². The summed E-state index contributed by atoms with van der Waals surface area (Å²) >= 11 is 0. The molecule has 0 fully saturated rings. The number of fused-ring (bicyclic) bond motifs is 1. The minimum atomic E-state index is -1.00. The molecule has 1 N–H and O–H groups in total. The van der Waals surface area contributed by atoms with E-state index < -0.39 is 17.8 Å². The second-order valence-electron chi connectivity index (χ2n) is 6.68. The maximum Gasteiger partial charge on any atom is 0.265 e. The van der Waals surface area contributed by atoms with Gasteiger partial charge in [-0.25, -0.2) is 4.39 Å². The zero-order chi connectivity index (χ0) is 21.1. The SMILES string of the molecule is C[C@H](Oc1ccccc1F)C(=O)Nc1c(C(=O)c2ccccc2)oc2ccccc12. The van der Waals surface area contributed by atoms with Crippen LogP contribution in [0.4, 0.5) is 10.1 Å². The first-order valence-corrected chi connectivity index (χ1v) is 9.38. The number of rotatable bonds is 6. The second kappa shape index (κ2) is 8.21. The Hall–Kier alpha value is -3.93. The van der Waals surface area contributed by atoms with Crippen LogP contribution < -0.4 is 10.1 Å². The average molecular weight is 403 g/mol. The van der Waals surface area contributed by atoms with Gasteiger partial charge in [-0.15, -0.1) is 0 Å². The Bertz CT molecular complexity index is 1220. The number of halogens is 1. The topological polar surface area (TPSA) is 68.5 Å². The summed E-state index contributed by atoms with van der Waals surface area (Å²) in [4.78, 5) is 25.8. The van der Waals surface area contributed by atoms with Crippen LogP contribution in [-0.2, 0) is 4.79 Å². The molecule has 5 nitrogen and oxygen atoms in total. The summed E-state index contributed by atoms with van der Waals surface area (Å²) in [6.07, 6.45) is -1.00. The molecule has 0 aliphatic carbocycles. The molecular formula is C24H18FNO4. The molecule has 0 bridgehead atoms. The van der Waals surface area contributed by atoms with E-state index in [0.29, 0.717) is 16.5 Å². The molecule has 6 heteroatoms. The van der Waals surface area contributed by atoms with Gasteiger partial charge in [-0.3, -0.25) is 9.59 Å². The lowest BCUT2D eigenvalue weighted by Gasteiger charge is -2.15. The Morgan fingerprint density at radius 3 is 2.37 bits per heavy atom. The maximum atomic E-state index is 13.8. The number of carbonyl (C=O) groups is 2. The summed E-state index contributed by atoms with van der Waals surface area (Å²) in [5.41, 5.74) is 1.16. The number of furan rings is 1. The van der Waals surface area contributed by atoms with E-state index in [9.17, 15) is 14.0 Å². The molecule has 0 saturated carbocycles. The summed E-state index contributed by atoms with van der Waals surface area (Å²) in [6.45, 7) is 1.50. The number of amides is 1. The van der Waals surface area contributed by atoms with Gasteiger partial charge in [-0.1, -0.05) is 54.6 Å². The summed E-state index contributed by atoms with van der Waals surface area (Å²) in [6, 6.07) is 21.5. The molecule has 150 valence electrons. The highest BCUT2D eigenvalue weighted by atomic mass is 19.1. The van der Waals surface area contributed by atoms with Crippen molar-refractivity contribution in [1.82, 2.24) is 0 Å². The van der Waals surface area contributed by atoms with Crippen LogP contribution >= 0.6 is 0 Å². The van der Waals surface area contributed by atoms with E-state index in [2.05, 4.69) is 5.32 Å². The van der Waals surface area contributed by atoms with Gasteiger partial charge in [0.25, 0.3) is 5.91 Å². The number of ketones is 1. The third-order valence-corrected chi connectivity index (χ3v) is 4.60. The number of hydrogen-bond acceptors (Lipinski definition) is 4. The van der Waals surface area contributed by atoms with Crippen molar-refractivity contribution in [2.24, 2.45) is 0 Å². The molecule has 30 heavy (non-hydrogen) atoms. The first-order valence-electron chi connectivity index (χ1n) is 9.38. The van der Waals surface area contributed by atoms with E-state index in [1.807, 2.05) is 0 Å². The number of nitrogens with one attached hydrogen (secondary N) is 1. The van der Waals surface area contributed by atoms with Crippen molar-refractivity contribution in [2.75, 3.05) is 5.32 Å². The van der Waals surface area contributed by atoms with Crippen molar-refractivity contribution in [3.63, 3.8) is 0 Å². The molecule has 1 aromatic heterocycles. The van der Waals surface area contributed by atoms with E-state index in [0.717, 1.165) is 0 Å². The summed E-state index contributed by atoms with van der Waals surface area (Å²) < 4.78 is 25.1. The van der Waals surface area contributed by atoms with E-state index >= 15 is 0 Å². The largest absolute Gasteiger partial charge is 0.478 e. The highest BCUT2D eigenvalue weighted by Crippen LogP contribution is 2.32. The number of ether oxygens (including phenoxy) is 1. The second-order valence-corrected chi connectivity index (χ2v) is 6.68. The number of para-hydroxylation sites is 2. The van der Waals surface area contributed by atoms with Gasteiger partial charge >= 0.3 is 0 Å². The fourth-order valence-corrected chi connectivity index (χ4v) is 3.06. The van der Waals surface area contributed by atoms with Crippen LogP contribution in [-0.4, -0.2) is 17.8 Å². The van der Waals surface area contributed by atoms with Crippen LogP contribution in [0.25, 0.3) is 11.0 Å². The molecule has 1 heterocycles. The van der Waals surface area contributed by atoms with Gasteiger partial charge in [0.05, 0.1) is 5.69 Å². The Morgan fingerprint density at radius 2 is 1.60 bits per heavy atom. The van der Waals surface area contributed by atoms with Crippen LogP contribution in [0, 0.1) is 5.82 Å². The molecule has 0 saturated heterocycles. The highest BCUT2D eigenvalue weighted by Gasteiger charge is 2.25. The number of carbonyl (C=O) groups excluding carboxylic acids is 2. The predicted molar refractivity (Wildman–Crippen MR) is 111 cm³/mol. The molecule has 1 amide bonds. The maximum absolute atomic E-state index is 13.8. The van der Waals surface area contributed by atoms with Crippen LogP contribution in [0.15, 0.2) is 83.3 Å². The van der Waals surface area contributed by atoms with E-state index in [1.165, 1.54) is 25.1 Å². The van der Waals surface area contributed by atoms with Crippen molar-refractivity contribution in [3.8, 4) is 5.75 Å². The Balaban J connectivity index is 1.65. The molecule has 4 aromatic rings. The molecule has 3 aromatic carbocycles. The van der Waals surface area contributed by atoms with Crippen molar-refractivity contribution in [1.29, 1.82) is 0 Å². The highest BCUT2D eigenvalue weighted by molar-refractivity contribution is 6.17. The number of anilines is 1. The van der Waals surface area contributed by atoms with E-state index in [1.54, 1.807) is 60.7 Å². The van der Waals surface area contributed by atoms with E-state index in [4.69, 9.17) is 9.15 Å². The smallest absolute Gasteiger partial charge is 0.265 e. The normalized spacial score (nSPS) is 11.8. The molecule has 1 atom stereocenters. The Morgan fingerprint density at radius 1 is 0.933 bits per heavy atom. The van der Waals surface area contributed by atoms with Crippen LogP contribution in [0.5, 0.6) is 5.75 Å². The first-order chi connectivity index (χ1) is 14.5. The average Bonchev–Trinajstić information content (AvgIpc) is 3.13. The number of hydrogen-bond donors (Lipinski definition) is 1. The van der Waals surface area contributed by atoms with Gasteiger partial charge in [0.2, 0.25) is 5.78 Å². The van der Waals surface area contributed by atoms with Crippen molar-refractivity contribution in [3.05, 3.63) is 96.0 Å². The van der Waals surface area contributed by atoms with Crippen molar-refractivity contribution < 1.29 is 23.1 Å². The van der Waals surface area contributed by atoms with Gasteiger partial charge in [0, 0.05) is 10.9 Å². The standard InChI is InChI=1S/C24H18FNO4/c1-15(29-20-14-8-6-12-18(20)25)24(28)26-21-17-11-5-7-13-19(17)30-23(21)22(27)16-9-3-2-4-10-16/h2-15H,1H3,(H,26,28)/t15-/m0/s1. The molecule has 0 aliphatic rings. The van der Waals surface area contributed by atoms with Gasteiger partial charge < -0.3 is 14.5 Å². The van der Waals surface area contributed by atoms with Crippen molar-refractivity contribution in [2.45, 2.75) is 13.0 Å². The summed E-state index contributed by atoms with van der Waals surface area (Å²) in [5, 5.41) is 3.31. The zero-order valence-corrected chi connectivity index (χ0v) is 16.1. The fourth-order valence-electron chi connectivity index (χ4n) is 3.06. The minimum Gasteiger partial charge on any atom is -0.478 e. The monoisotopic (exact) mass is 403 g/mol. The molecular weight excluding hydrogens is 385 g/mol. The van der Waals surface area contributed by atoms with Crippen molar-refractivity contribution >= 4 is 28.3 Å². The Labute approximate surface area is 172 Å². The fraction of sp³-hybridized carbons (Fsp3) is 0.0833. The molecule has 0 spiro atoms. The summed E-state index contributed by atoms with van der Waals surface area (Å²) in [5.74, 6) is -1.46. The van der Waals surface area contributed by atoms with E-state index in [-0.39, 0.29) is 23.0 Å². The van der Waals surface area contributed by atoms with Crippen LogP contribution in [0.2, 0.25) is 0 Å². The molecule has 0 radical (unpaired) electrons. The molecule has 0 unspecified atom stereocenters. The molecule has 4 rings (SSSR count). The van der Waals surface area contributed by atoms with Crippen LogP contribution in [0.3, 0.4) is 0 Å². The number of benzene rings is 3. The minimum absolute atomic E-state index is 0.0221. The lowest BCUT2D eigenvalue weighted by atomic mass is 10.1. The third-order valence-electron chi connectivity index (χ3n) is 4.60. The lowest BCUT2D eigenvalue weighted by molar-refractivity contribution is -0.122. The quantitative estimate of drug-likeness (QED) is 0.449. The van der Waals surface area contributed by atoms with Gasteiger partial charge in [0.15, 0.2) is 23.4 Å². The summed E-state index contributed by atoms with van der Waals surface area (Å²) in [7, 11) is 0. The van der Waals surface area contributed by atoms with Gasteiger partial charge in [0.1, 0.15) is 5.58 Å². The Kier molecular flexibility index (Phi) is 5.30. The molecule has 0 aliphatic heterocycles. The lowest BCUT2D eigenvalue weighted by Crippen LogP contribution is -2.30. The third kappa shape index (κ3) is 3.80.